The molecule has 50 heavy (non-hydrogen) atoms. The molecule has 238 valence electrons. The van der Waals surface area contributed by atoms with E-state index in [4.69, 9.17) is 0 Å². The third-order valence-electron chi connectivity index (χ3n) is 10.4. The lowest BCUT2D eigenvalue weighted by Crippen LogP contribution is -2.17. The SMILES string of the molecule is CC1(C)c2ccccc2-c2c(N(c3ccc(-c4ccccc4)cc3)c3ccc(-c4ccccc4)cc3)cc3cccc(-c4ccccc4)c3c21. The van der Waals surface area contributed by atoms with Gasteiger partial charge in [-0.05, 0) is 91.2 Å². The zero-order chi connectivity index (χ0) is 33.7. The lowest BCUT2D eigenvalue weighted by atomic mass is 9.78. The van der Waals surface area contributed by atoms with Gasteiger partial charge in [0.2, 0.25) is 0 Å². The molecule has 0 saturated heterocycles. The van der Waals surface area contributed by atoms with Crippen molar-refractivity contribution < 1.29 is 0 Å². The van der Waals surface area contributed by atoms with Crippen LogP contribution >= 0.6 is 0 Å². The molecular weight excluding hydrogens is 603 g/mol. The van der Waals surface area contributed by atoms with Gasteiger partial charge in [-0.1, -0.05) is 172 Å². The van der Waals surface area contributed by atoms with Gasteiger partial charge in [-0.25, -0.2) is 0 Å². The van der Waals surface area contributed by atoms with E-state index in [0.717, 1.165) is 11.4 Å². The monoisotopic (exact) mass is 639 g/mol. The Bertz CT molecular complexity index is 2380. The van der Waals surface area contributed by atoms with Gasteiger partial charge in [0, 0.05) is 22.4 Å². The summed E-state index contributed by atoms with van der Waals surface area (Å²) < 4.78 is 0. The van der Waals surface area contributed by atoms with Crippen LogP contribution in [0.4, 0.5) is 17.1 Å². The number of fused-ring (bicyclic) bond motifs is 5. The molecule has 8 aromatic rings. The fourth-order valence-electron chi connectivity index (χ4n) is 8.05. The normalized spacial score (nSPS) is 12.8. The second kappa shape index (κ2) is 12.1. The van der Waals surface area contributed by atoms with Crippen LogP contribution in [-0.2, 0) is 5.41 Å². The molecule has 9 rings (SSSR count). The van der Waals surface area contributed by atoms with Gasteiger partial charge in [-0.3, -0.25) is 0 Å². The molecule has 0 amide bonds. The van der Waals surface area contributed by atoms with Crippen LogP contribution in [0.3, 0.4) is 0 Å². The predicted molar refractivity (Wildman–Crippen MR) is 213 cm³/mol. The van der Waals surface area contributed by atoms with Crippen LogP contribution in [0.5, 0.6) is 0 Å². The van der Waals surface area contributed by atoms with Crippen LogP contribution in [0.25, 0.3) is 55.3 Å². The van der Waals surface area contributed by atoms with Gasteiger partial charge in [0.05, 0.1) is 5.69 Å². The Hall–Kier alpha value is -6.18. The molecule has 8 aromatic carbocycles. The molecular formula is C49H37N. The molecule has 1 aliphatic carbocycles. The third-order valence-corrected chi connectivity index (χ3v) is 10.4. The van der Waals surface area contributed by atoms with E-state index in [2.05, 4.69) is 207 Å². The topological polar surface area (TPSA) is 3.24 Å². The molecule has 0 aromatic heterocycles. The van der Waals surface area contributed by atoms with Crippen molar-refractivity contribution >= 4 is 27.8 Å². The van der Waals surface area contributed by atoms with Crippen molar-refractivity contribution in [1.82, 2.24) is 0 Å². The summed E-state index contributed by atoms with van der Waals surface area (Å²) in [5.41, 5.74) is 16.0. The highest BCUT2D eigenvalue weighted by Gasteiger charge is 2.40. The minimum Gasteiger partial charge on any atom is -0.310 e. The molecule has 1 heteroatoms. The first kappa shape index (κ1) is 29.9. The quantitative estimate of drug-likeness (QED) is 0.175. The van der Waals surface area contributed by atoms with Gasteiger partial charge in [-0.2, -0.15) is 0 Å². The summed E-state index contributed by atoms with van der Waals surface area (Å²) >= 11 is 0. The van der Waals surface area contributed by atoms with Gasteiger partial charge < -0.3 is 4.90 Å². The van der Waals surface area contributed by atoms with Gasteiger partial charge in [0.25, 0.3) is 0 Å². The maximum absolute atomic E-state index is 2.47. The lowest BCUT2D eigenvalue weighted by Gasteiger charge is -2.31. The second-order valence-corrected chi connectivity index (χ2v) is 13.7. The van der Waals surface area contributed by atoms with Crippen LogP contribution in [0, 0.1) is 0 Å². The minimum atomic E-state index is -0.203. The number of hydrogen-bond donors (Lipinski definition) is 0. The van der Waals surface area contributed by atoms with Crippen LogP contribution in [-0.4, -0.2) is 0 Å². The molecule has 0 fully saturated rings. The van der Waals surface area contributed by atoms with E-state index in [9.17, 15) is 0 Å². The average Bonchev–Trinajstić information content (AvgIpc) is 3.43. The molecule has 0 N–H and O–H groups in total. The summed E-state index contributed by atoms with van der Waals surface area (Å²) in [6.45, 7) is 4.80. The van der Waals surface area contributed by atoms with Crippen molar-refractivity contribution in [3.05, 3.63) is 199 Å². The fourth-order valence-corrected chi connectivity index (χ4v) is 8.05. The van der Waals surface area contributed by atoms with Crippen LogP contribution in [0.1, 0.15) is 25.0 Å². The molecule has 0 unspecified atom stereocenters. The summed E-state index contributed by atoms with van der Waals surface area (Å²) in [5.74, 6) is 0. The van der Waals surface area contributed by atoms with Crippen molar-refractivity contribution in [2.45, 2.75) is 19.3 Å². The van der Waals surface area contributed by atoms with E-state index in [-0.39, 0.29) is 5.41 Å². The van der Waals surface area contributed by atoms with Gasteiger partial charge >= 0.3 is 0 Å². The first-order chi connectivity index (χ1) is 24.6. The first-order valence-corrected chi connectivity index (χ1v) is 17.4. The maximum Gasteiger partial charge on any atom is 0.0549 e. The number of hydrogen-bond acceptors (Lipinski definition) is 1. The molecule has 0 spiro atoms. The second-order valence-electron chi connectivity index (χ2n) is 13.7. The molecule has 1 nitrogen and oxygen atoms in total. The minimum absolute atomic E-state index is 0.203. The fraction of sp³-hybridized carbons (Fsp3) is 0.0612. The van der Waals surface area contributed by atoms with Crippen LogP contribution < -0.4 is 4.90 Å². The van der Waals surface area contributed by atoms with Crippen molar-refractivity contribution in [2.75, 3.05) is 4.90 Å². The van der Waals surface area contributed by atoms with Crippen molar-refractivity contribution in [2.24, 2.45) is 0 Å². The van der Waals surface area contributed by atoms with E-state index < -0.39 is 0 Å². The average molecular weight is 640 g/mol. The van der Waals surface area contributed by atoms with Gasteiger partial charge in [0.1, 0.15) is 0 Å². The molecule has 0 bridgehead atoms. The smallest absolute Gasteiger partial charge is 0.0549 e. The Morgan fingerprint density at radius 2 is 0.860 bits per heavy atom. The third kappa shape index (κ3) is 4.94. The van der Waals surface area contributed by atoms with E-state index in [1.807, 2.05) is 0 Å². The highest BCUT2D eigenvalue weighted by atomic mass is 15.1. The maximum atomic E-state index is 2.47. The lowest BCUT2D eigenvalue weighted by molar-refractivity contribution is 0.666. The molecule has 0 atom stereocenters. The number of benzene rings is 8. The highest BCUT2D eigenvalue weighted by Crippen LogP contribution is 2.58. The van der Waals surface area contributed by atoms with E-state index in [1.165, 1.54) is 72.1 Å². The number of nitrogens with zero attached hydrogens (tertiary/aromatic N) is 1. The van der Waals surface area contributed by atoms with Crippen LogP contribution in [0.2, 0.25) is 0 Å². The Balaban J connectivity index is 1.32. The van der Waals surface area contributed by atoms with Crippen molar-refractivity contribution in [1.29, 1.82) is 0 Å². The van der Waals surface area contributed by atoms with E-state index >= 15 is 0 Å². The Labute approximate surface area is 294 Å². The standard InChI is InChI=1S/C49H37N/c1-49(2)44-24-13-12-22-43(44)47-45(33-39-21-14-23-42(46(39)48(47)49)38-19-10-5-11-20-38)50(40-29-25-36(26-30-40)34-15-6-3-7-16-34)41-31-27-37(28-32-41)35-17-8-4-9-18-35/h3-33H,1-2H3. The Morgan fingerprint density at radius 3 is 1.42 bits per heavy atom. The van der Waals surface area contributed by atoms with Crippen molar-refractivity contribution in [3.63, 3.8) is 0 Å². The van der Waals surface area contributed by atoms with E-state index in [1.54, 1.807) is 0 Å². The van der Waals surface area contributed by atoms with Crippen LogP contribution in [0.15, 0.2) is 188 Å². The first-order valence-electron chi connectivity index (χ1n) is 17.4. The van der Waals surface area contributed by atoms with Crippen molar-refractivity contribution in [3.8, 4) is 44.5 Å². The summed E-state index contributed by atoms with van der Waals surface area (Å²) in [4.78, 5) is 2.47. The summed E-state index contributed by atoms with van der Waals surface area (Å²) in [6.07, 6.45) is 0. The molecule has 0 heterocycles. The summed E-state index contributed by atoms with van der Waals surface area (Å²) in [5, 5.41) is 2.57. The van der Waals surface area contributed by atoms with Gasteiger partial charge in [-0.15, -0.1) is 0 Å². The van der Waals surface area contributed by atoms with Gasteiger partial charge in [0.15, 0.2) is 0 Å². The number of anilines is 3. The van der Waals surface area contributed by atoms with E-state index in [0.29, 0.717) is 0 Å². The summed E-state index contributed by atoms with van der Waals surface area (Å²) in [6, 6.07) is 68.5. The Kier molecular flexibility index (Phi) is 7.21. The summed E-state index contributed by atoms with van der Waals surface area (Å²) in [7, 11) is 0. The molecule has 0 aliphatic heterocycles. The predicted octanol–water partition coefficient (Wildman–Crippen LogP) is 13.6. The largest absolute Gasteiger partial charge is 0.310 e. The molecule has 1 aliphatic rings. The number of rotatable bonds is 6. The highest BCUT2D eigenvalue weighted by molar-refractivity contribution is 6.10. The zero-order valence-corrected chi connectivity index (χ0v) is 28.3. The Morgan fingerprint density at radius 1 is 0.400 bits per heavy atom. The zero-order valence-electron chi connectivity index (χ0n) is 28.3. The molecule has 0 radical (unpaired) electrons. The molecule has 0 saturated carbocycles.